The molecule has 9 heteroatoms. The van der Waals surface area contributed by atoms with Crippen molar-refractivity contribution < 1.29 is 23.1 Å². The summed E-state index contributed by atoms with van der Waals surface area (Å²) in [6.07, 6.45) is -1.52. The average molecular weight is 303 g/mol. The molecule has 1 aromatic carbocycles. The quantitative estimate of drug-likeness (QED) is 0.461. The molecule has 0 heterocycles. The molecule has 0 atom stereocenters. The number of nitrogen functional groups attached to an aromatic ring is 1. The van der Waals surface area contributed by atoms with Crippen molar-refractivity contribution in [3.8, 4) is 5.75 Å². The van der Waals surface area contributed by atoms with Crippen molar-refractivity contribution in [2.45, 2.75) is 26.5 Å². The number of phenols is 1. The fraction of sp³-hybridized carbons (Fsp3) is 0.364. The molecule has 112 valence electrons. The standard InChI is InChI=1S/C11H17N3O5S/c1-7(2)19-11(16)14-20(17,18)13-6-8-5-9(12)3-4-10(8)15/h3-5,7,13,15H,6,12H2,1-2H3,(H,14,16). The van der Waals surface area contributed by atoms with E-state index >= 15 is 0 Å². The molecule has 1 rings (SSSR count). The molecule has 0 saturated heterocycles. The maximum absolute atomic E-state index is 11.6. The predicted molar refractivity (Wildman–Crippen MR) is 73.0 cm³/mol. The summed E-state index contributed by atoms with van der Waals surface area (Å²) in [7, 11) is -4.08. The van der Waals surface area contributed by atoms with E-state index in [0.29, 0.717) is 5.69 Å². The number of ether oxygens (including phenoxy) is 1. The molecular formula is C11H17N3O5S. The monoisotopic (exact) mass is 303 g/mol. The largest absolute Gasteiger partial charge is 0.508 e. The Hall–Kier alpha value is -2.00. The Balaban J connectivity index is 2.63. The highest BCUT2D eigenvalue weighted by Crippen LogP contribution is 2.19. The van der Waals surface area contributed by atoms with Crippen LogP contribution in [0.15, 0.2) is 18.2 Å². The SMILES string of the molecule is CC(C)OC(=O)NS(=O)(=O)NCc1cc(N)ccc1O. The van der Waals surface area contributed by atoms with Crippen LogP contribution in [0.25, 0.3) is 0 Å². The Morgan fingerprint density at radius 1 is 1.45 bits per heavy atom. The molecule has 1 aromatic rings. The van der Waals surface area contributed by atoms with Crippen molar-refractivity contribution in [2.24, 2.45) is 0 Å². The third-order valence-corrected chi connectivity index (χ3v) is 3.08. The fourth-order valence-corrected chi connectivity index (χ4v) is 1.99. The summed E-state index contributed by atoms with van der Waals surface area (Å²) in [5.74, 6) is -0.105. The highest BCUT2D eigenvalue weighted by molar-refractivity contribution is 7.88. The normalized spacial score (nSPS) is 11.3. The van der Waals surface area contributed by atoms with Gasteiger partial charge in [-0.15, -0.1) is 0 Å². The molecule has 1 amide bonds. The summed E-state index contributed by atoms with van der Waals surface area (Å²) < 4.78 is 31.5. The summed E-state index contributed by atoms with van der Waals surface area (Å²) in [5.41, 5.74) is 6.19. The highest BCUT2D eigenvalue weighted by atomic mass is 32.2. The van der Waals surface area contributed by atoms with Crippen molar-refractivity contribution in [1.82, 2.24) is 9.44 Å². The number of nitrogens with one attached hydrogen (secondary N) is 2. The van der Waals surface area contributed by atoms with Gasteiger partial charge in [-0.25, -0.2) is 9.52 Å². The Bertz CT molecular complexity index is 586. The van der Waals surface area contributed by atoms with Gasteiger partial charge in [0.1, 0.15) is 5.75 Å². The zero-order chi connectivity index (χ0) is 15.3. The molecule has 0 saturated carbocycles. The minimum absolute atomic E-state index is 0.105. The molecule has 0 aliphatic rings. The second-order valence-electron chi connectivity index (χ2n) is 4.27. The smallest absolute Gasteiger partial charge is 0.422 e. The van der Waals surface area contributed by atoms with E-state index in [-0.39, 0.29) is 17.9 Å². The molecule has 0 spiro atoms. The Kier molecular flexibility index (Phi) is 5.17. The molecule has 0 aromatic heterocycles. The van der Waals surface area contributed by atoms with Gasteiger partial charge in [0.2, 0.25) is 0 Å². The summed E-state index contributed by atoms with van der Waals surface area (Å²) in [4.78, 5) is 11.2. The molecule has 8 nitrogen and oxygen atoms in total. The van der Waals surface area contributed by atoms with Crippen molar-refractivity contribution in [3.05, 3.63) is 23.8 Å². The number of phenolic OH excluding ortho intramolecular Hbond substituents is 1. The van der Waals surface area contributed by atoms with Crippen LogP contribution in [0.2, 0.25) is 0 Å². The van der Waals surface area contributed by atoms with E-state index in [1.54, 1.807) is 18.6 Å². The molecule has 0 aliphatic heterocycles. The van der Waals surface area contributed by atoms with Crippen LogP contribution in [-0.2, 0) is 21.5 Å². The molecule has 0 bridgehead atoms. The van der Waals surface area contributed by atoms with Gasteiger partial charge in [0.15, 0.2) is 0 Å². The summed E-state index contributed by atoms with van der Waals surface area (Å²) in [6.45, 7) is 2.95. The molecule has 0 radical (unpaired) electrons. The summed E-state index contributed by atoms with van der Waals surface area (Å²) in [5, 5.41) is 9.53. The lowest BCUT2D eigenvalue weighted by Crippen LogP contribution is -2.40. The first-order chi connectivity index (χ1) is 9.19. The van der Waals surface area contributed by atoms with E-state index in [1.165, 1.54) is 18.2 Å². The number of amides is 1. The van der Waals surface area contributed by atoms with Gasteiger partial charge in [0.05, 0.1) is 6.10 Å². The first kappa shape index (κ1) is 16.1. The molecular weight excluding hydrogens is 286 g/mol. The lowest BCUT2D eigenvalue weighted by atomic mass is 10.2. The maximum atomic E-state index is 11.6. The van der Waals surface area contributed by atoms with Crippen molar-refractivity contribution >= 4 is 22.0 Å². The molecule has 20 heavy (non-hydrogen) atoms. The van der Waals surface area contributed by atoms with E-state index in [2.05, 4.69) is 9.46 Å². The van der Waals surface area contributed by atoms with Gasteiger partial charge in [0, 0.05) is 17.8 Å². The lowest BCUT2D eigenvalue weighted by Gasteiger charge is -2.11. The third-order valence-electron chi connectivity index (χ3n) is 2.12. The van der Waals surface area contributed by atoms with Gasteiger partial charge in [-0.05, 0) is 32.0 Å². The second kappa shape index (κ2) is 6.44. The minimum Gasteiger partial charge on any atom is -0.508 e. The van der Waals surface area contributed by atoms with E-state index in [1.807, 2.05) is 0 Å². The van der Waals surface area contributed by atoms with Crippen LogP contribution in [0.5, 0.6) is 5.75 Å². The minimum atomic E-state index is -4.08. The fourth-order valence-electron chi connectivity index (χ4n) is 1.30. The van der Waals surface area contributed by atoms with Gasteiger partial charge >= 0.3 is 16.3 Å². The predicted octanol–water partition coefficient (Wildman–Crippen LogP) is 0.443. The van der Waals surface area contributed by atoms with E-state index in [9.17, 15) is 18.3 Å². The number of hydrogen-bond acceptors (Lipinski definition) is 6. The summed E-state index contributed by atoms with van der Waals surface area (Å²) in [6, 6.07) is 4.25. The Morgan fingerprint density at radius 3 is 2.70 bits per heavy atom. The van der Waals surface area contributed by atoms with Crippen LogP contribution in [-0.4, -0.2) is 25.7 Å². The van der Waals surface area contributed by atoms with E-state index < -0.39 is 22.4 Å². The van der Waals surface area contributed by atoms with Crippen LogP contribution in [0.3, 0.4) is 0 Å². The summed E-state index contributed by atoms with van der Waals surface area (Å²) >= 11 is 0. The number of carbonyl (C=O) groups excluding carboxylic acids is 1. The number of rotatable bonds is 5. The van der Waals surface area contributed by atoms with Gasteiger partial charge in [0.25, 0.3) is 0 Å². The van der Waals surface area contributed by atoms with Crippen LogP contribution >= 0.6 is 0 Å². The number of hydrogen-bond donors (Lipinski definition) is 4. The Morgan fingerprint density at radius 2 is 2.10 bits per heavy atom. The first-order valence-electron chi connectivity index (χ1n) is 5.75. The molecule has 5 N–H and O–H groups in total. The number of aromatic hydroxyl groups is 1. The molecule has 0 unspecified atom stereocenters. The zero-order valence-electron chi connectivity index (χ0n) is 11.1. The molecule has 0 fully saturated rings. The number of carbonyl (C=O) groups is 1. The van der Waals surface area contributed by atoms with Crippen molar-refractivity contribution in [3.63, 3.8) is 0 Å². The maximum Gasteiger partial charge on any atom is 0.422 e. The topological polar surface area (TPSA) is 131 Å². The van der Waals surface area contributed by atoms with Gasteiger partial charge in [-0.2, -0.15) is 13.1 Å². The van der Waals surface area contributed by atoms with Crippen molar-refractivity contribution in [2.75, 3.05) is 5.73 Å². The van der Waals surface area contributed by atoms with E-state index in [0.717, 1.165) is 0 Å². The third kappa shape index (κ3) is 5.33. The second-order valence-corrected chi connectivity index (χ2v) is 5.77. The molecule has 0 aliphatic carbocycles. The van der Waals surface area contributed by atoms with Crippen LogP contribution in [0, 0.1) is 0 Å². The Labute approximate surface area is 117 Å². The van der Waals surface area contributed by atoms with Crippen LogP contribution in [0.1, 0.15) is 19.4 Å². The number of nitrogens with two attached hydrogens (primary N) is 1. The average Bonchev–Trinajstić information content (AvgIpc) is 2.28. The zero-order valence-corrected chi connectivity index (χ0v) is 11.9. The van der Waals surface area contributed by atoms with Crippen LogP contribution in [0.4, 0.5) is 10.5 Å². The number of anilines is 1. The van der Waals surface area contributed by atoms with Gasteiger partial charge in [-0.3, -0.25) is 0 Å². The van der Waals surface area contributed by atoms with Crippen LogP contribution < -0.4 is 15.2 Å². The van der Waals surface area contributed by atoms with Gasteiger partial charge in [-0.1, -0.05) is 0 Å². The number of benzene rings is 1. The lowest BCUT2D eigenvalue weighted by molar-refractivity contribution is 0.121. The van der Waals surface area contributed by atoms with E-state index in [4.69, 9.17) is 5.73 Å². The first-order valence-corrected chi connectivity index (χ1v) is 7.23. The van der Waals surface area contributed by atoms with Crippen molar-refractivity contribution in [1.29, 1.82) is 0 Å². The highest BCUT2D eigenvalue weighted by Gasteiger charge is 2.16. The van der Waals surface area contributed by atoms with Gasteiger partial charge < -0.3 is 15.6 Å².